The Morgan fingerprint density at radius 1 is 1.44 bits per heavy atom. The largest absolute Gasteiger partial charge is 0.464 e. The molecule has 104 valence electrons. The van der Waals surface area contributed by atoms with Crippen LogP contribution in [0.25, 0.3) is 0 Å². The Balaban J connectivity index is 2.59. The van der Waals surface area contributed by atoms with Crippen LogP contribution in [0.15, 0.2) is 0 Å². The van der Waals surface area contributed by atoms with Gasteiger partial charge in [0.2, 0.25) is 5.91 Å². The number of rotatable bonds is 5. The number of carbonyl (C=O) groups is 2. The molecule has 0 aromatic rings. The molecule has 1 aliphatic heterocycles. The van der Waals surface area contributed by atoms with E-state index in [0.29, 0.717) is 32.7 Å². The quantitative estimate of drug-likeness (QED) is 0.667. The molecule has 0 radical (unpaired) electrons. The number of carbonyl (C=O) groups excluding carboxylic acids is 2. The van der Waals surface area contributed by atoms with Crippen LogP contribution in [0.4, 0.5) is 0 Å². The first-order valence-electron chi connectivity index (χ1n) is 6.31. The Morgan fingerprint density at radius 3 is 2.56 bits per heavy atom. The highest BCUT2D eigenvalue weighted by Gasteiger charge is 2.39. The molecule has 0 aromatic heterocycles. The van der Waals surface area contributed by atoms with Crippen molar-refractivity contribution < 1.29 is 19.1 Å². The normalized spacial score (nSPS) is 19.9. The van der Waals surface area contributed by atoms with E-state index < -0.39 is 17.4 Å². The number of hydrogen-bond donors (Lipinski definition) is 2. The molecular weight excluding hydrogens is 236 g/mol. The Labute approximate surface area is 107 Å². The van der Waals surface area contributed by atoms with Crippen molar-refractivity contribution in [1.29, 1.82) is 0 Å². The van der Waals surface area contributed by atoms with Crippen LogP contribution in [0.2, 0.25) is 0 Å². The van der Waals surface area contributed by atoms with Crippen molar-refractivity contribution in [3.8, 4) is 0 Å². The van der Waals surface area contributed by atoms with E-state index in [1.807, 2.05) is 0 Å². The Morgan fingerprint density at radius 2 is 2.06 bits per heavy atom. The second-order valence-electron chi connectivity index (χ2n) is 4.54. The minimum Gasteiger partial charge on any atom is -0.464 e. The summed E-state index contributed by atoms with van der Waals surface area (Å²) >= 11 is 0. The van der Waals surface area contributed by atoms with Crippen LogP contribution in [-0.4, -0.2) is 44.3 Å². The molecule has 1 fully saturated rings. The molecule has 1 aliphatic rings. The molecule has 0 bridgehead atoms. The number of nitrogens with two attached hydrogens (primary N) is 1. The Bertz CT molecular complexity index is 300. The third kappa shape index (κ3) is 3.43. The molecule has 0 spiro atoms. The van der Waals surface area contributed by atoms with Gasteiger partial charge in [-0.2, -0.15) is 0 Å². The maximum Gasteiger partial charge on any atom is 0.328 e. The molecule has 1 atom stereocenters. The van der Waals surface area contributed by atoms with Crippen molar-refractivity contribution in [2.45, 2.75) is 32.7 Å². The first-order chi connectivity index (χ1) is 8.55. The highest BCUT2D eigenvalue weighted by molar-refractivity contribution is 5.88. The van der Waals surface area contributed by atoms with Crippen molar-refractivity contribution in [3.05, 3.63) is 0 Å². The number of ether oxygens (including phenoxy) is 2. The monoisotopic (exact) mass is 258 g/mol. The van der Waals surface area contributed by atoms with Gasteiger partial charge in [-0.1, -0.05) is 0 Å². The van der Waals surface area contributed by atoms with E-state index in [1.54, 1.807) is 13.8 Å². The topological polar surface area (TPSA) is 90.7 Å². The third-order valence-corrected chi connectivity index (χ3v) is 3.31. The molecule has 1 unspecified atom stereocenters. The molecule has 1 saturated heterocycles. The van der Waals surface area contributed by atoms with Crippen LogP contribution < -0.4 is 11.1 Å². The van der Waals surface area contributed by atoms with Gasteiger partial charge in [-0.25, -0.2) is 4.79 Å². The fourth-order valence-electron chi connectivity index (χ4n) is 1.96. The Kier molecular flexibility index (Phi) is 5.55. The number of nitrogens with one attached hydrogen (secondary N) is 1. The van der Waals surface area contributed by atoms with Gasteiger partial charge in [0.15, 0.2) is 0 Å². The predicted molar refractivity (Wildman–Crippen MR) is 65.8 cm³/mol. The lowest BCUT2D eigenvalue weighted by Crippen LogP contribution is -2.53. The van der Waals surface area contributed by atoms with E-state index in [-0.39, 0.29) is 12.5 Å². The van der Waals surface area contributed by atoms with Gasteiger partial charge < -0.3 is 20.5 Å². The lowest BCUT2D eigenvalue weighted by Gasteiger charge is -2.35. The number of amides is 1. The van der Waals surface area contributed by atoms with Crippen LogP contribution in [0.5, 0.6) is 0 Å². The average Bonchev–Trinajstić information content (AvgIpc) is 2.39. The Hall–Kier alpha value is -1.14. The lowest BCUT2D eigenvalue weighted by atomic mass is 9.79. The lowest BCUT2D eigenvalue weighted by molar-refractivity contribution is -0.149. The van der Waals surface area contributed by atoms with Gasteiger partial charge in [0.1, 0.15) is 6.04 Å². The maximum absolute atomic E-state index is 12.2. The summed E-state index contributed by atoms with van der Waals surface area (Å²) in [6.07, 6.45) is 1.18. The zero-order chi connectivity index (χ0) is 13.6. The van der Waals surface area contributed by atoms with E-state index in [4.69, 9.17) is 15.2 Å². The summed E-state index contributed by atoms with van der Waals surface area (Å²) in [5.74, 6) is -0.612. The molecule has 0 saturated carbocycles. The molecule has 1 amide bonds. The smallest absolute Gasteiger partial charge is 0.328 e. The van der Waals surface area contributed by atoms with Crippen molar-refractivity contribution in [2.24, 2.45) is 11.1 Å². The molecule has 0 aliphatic carbocycles. The minimum atomic E-state index is -0.649. The van der Waals surface area contributed by atoms with E-state index in [1.165, 1.54) is 0 Å². The van der Waals surface area contributed by atoms with E-state index in [2.05, 4.69) is 5.32 Å². The summed E-state index contributed by atoms with van der Waals surface area (Å²) in [5.41, 5.74) is 5.10. The summed E-state index contributed by atoms with van der Waals surface area (Å²) in [7, 11) is 0. The zero-order valence-corrected chi connectivity index (χ0v) is 11.0. The average molecular weight is 258 g/mol. The van der Waals surface area contributed by atoms with Crippen LogP contribution >= 0.6 is 0 Å². The van der Waals surface area contributed by atoms with Crippen molar-refractivity contribution in [2.75, 3.05) is 26.4 Å². The second kappa shape index (κ2) is 6.70. The summed E-state index contributed by atoms with van der Waals surface area (Å²) < 4.78 is 10.1. The maximum atomic E-state index is 12.2. The highest BCUT2D eigenvalue weighted by Crippen LogP contribution is 2.29. The molecule has 1 heterocycles. The highest BCUT2D eigenvalue weighted by atomic mass is 16.5. The SMILES string of the molecule is CCOC(=O)C(C)NC(=O)C1(CN)CCOCC1. The van der Waals surface area contributed by atoms with Crippen molar-refractivity contribution >= 4 is 11.9 Å². The molecule has 18 heavy (non-hydrogen) atoms. The molecule has 3 N–H and O–H groups in total. The van der Waals surface area contributed by atoms with Gasteiger partial charge in [-0.3, -0.25) is 4.79 Å². The van der Waals surface area contributed by atoms with Gasteiger partial charge in [0.05, 0.1) is 12.0 Å². The molecule has 6 nitrogen and oxygen atoms in total. The van der Waals surface area contributed by atoms with Crippen molar-refractivity contribution in [1.82, 2.24) is 5.32 Å². The fraction of sp³-hybridized carbons (Fsp3) is 0.833. The summed E-state index contributed by atoms with van der Waals surface area (Å²) in [6, 6.07) is -0.649. The van der Waals surface area contributed by atoms with E-state index in [9.17, 15) is 9.59 Å². The van der Waals surface area contributed by atoms with Crippen LogP contribution in [0.1, 0.15) is 26.7 Å². The zero-order valence-electron chi connectivity index (χ0n) is 11.0. The van der Waals surface area contributed by atoms with Gasteiger partial charge in [0, 0.05) is 19.8 Å². The van der Waals surface area contributed by atoms with E-state index in [0.717, 1.165) is 0 Å². The summed E-state index contributed by atoms with van der Waals surface area (Å²) in [6.45, 7) is 4.95. The van der Waals surface area contributed by atoms with Crippen molar-refractivity contribution in [3.63, 3.8) is 0 Å². The molecule has 6 heteroatoms. The van der Waals surface area contributed by atoms with Gasteiger partial charge in [0.25, 0.3) is 0 Å². The second-order valence-corrected chi connectivity index (χ2v) is 4.54. The number of hydrogen-bond acceptors (Lipinski definition) is 5. The van der Waals surface area contributed by atoms with Gasteiger partial charge >= 0.3 is 5.97 Å². The van der Waals surface area contributed by atoms with E-state index >= 15 is 0 Å². The summed E-state index contributed by atoms with van der Waals surface area (Å²) in [4.78, 5) is 23.7. The van der Waals surface area contributed by atoms with Crippen LogP contribution in [0, 0.1) is 5.41 Å². The molecule has 1 rings (SSSR count). The third-order valence-electron chi connectivity index (χ3n) is 3.31. The molecular formula is C12H22N2O4. The molecule has 0 aromatic carbocycles. The predicted octanol–water partition coefficient (Wildman–Crippen LogP) is -0.190. The fourth-order valence-corrected chi connectivity index (χ4v) is 1.96. The van der Waals surface area contributed by atoms with Gasteiger partial charge in [-0.05, 0) is 26.7 Å². The first kappa shape index (κ1) is 14.9. The standard InChI is InChI=1S/C12H22N2O4/c1-3-18-10(15)9(2)14-11(16)12(8-13)4-6-17-7-5-12/h9H,3-8,13H2,1-2H3,(H,14,16). The minimum absolute atomic E-state index is 0.186. The summed E-state index contributed by atoms with van der Waals surface area (Å²) in [5, 5.41) is 2.68. The first-order valence-corrected chi connectivity index (χ1v) is 6.31. The number of esters is 1. The van der Waals surface area contributed by atoms with Crippen LogP contribution in [0.3, 0.4) is 0 Å². The van der Waals surface area contributed by atoms with Crippen LogP contribution in [-0.2, 0) is 19.1 Å². The van der Waals surface area contributed by atoms with Gasteiger partial charge in [-0.15, -0.1) is 0 Å².